The molecule has 0 spiro atoms. The fraction of sp³-hybridized carbons (Fsp3) is 0.467. The summed E-state index contributed by atoms with van der Waals surface area (Å²) in [5, 5.41) is 0. The number of benzene rings is 1. The fourth-order valence-corrected chi connectivity index (χ4v) is 2.45. The van der Waals surface area contributed by atoms with E-state index in [1.165, 1.54) is 6.08 Å². The van der Waals surface area contributed by atoms with Gasteiger partial charge in [-0.2, -0.15) is 13.2 Å². The van der Waals surface area contributed by atoms with Gasteiger partial charge in [0, 0.05) is 30.4 Å². The fourth-order valence-electron chi connectivity index (χ4n) is 2.45. The van der Waals surface area contributed by atoms with Crippen molar-refractivity contribution in [3.63, 3.8) is 0 Å². The maximum absolute atomic E-state index is 12.6. The van der Waals surface area contributed by atoms with Gasteiger partial charge in [-0.3, -0.25) is 0 Å². The minimum atomic E-state index is -4.20. The molecule has 1 atom stereocenters. The summed E-state index contributed by atoms with van der Waals surface area (Å²) in [6.45, 7) is 2.65. The van der Waals surface area contributed by atoms with Crippen LogP contribution in [0.4, 0.5) is 18.9 Å². The third kappa shape index (κ3) is 3.15. The number of nitrogens with zero attached hydrogens (tertiary/aromatic N) is 1. The Bertz CT molecular complexity index is 494. The summed E-state index contributed by atoms with van der Waals surface area (Å²) >= 11 is 0. The lowest BCUT2D eigenvalue weighted by atomic mass is 10.0. The highest BCUT2D eigenvalue weighted by Gasteiger charge is 2.35. The summed E-state index contributed by atoms with van der Waals surface area (Å²) in [4.78, 5) is 1.96. The molecule has 0 radical (unpaired) electrons. The van der Waals surface area contributed by atoms with Crippen LogP contribution in [0.2, 0.25) is 0 Å². The highest BCUT2D eigenvalue weighted by atomic mass is 19.4. The Kier molecular flexibility index (Phi) is 4.38. The molecule has 0 bridgehead atoms. The first kappa shape index (κ1) is 14.9. The molecule has 1 aromatic rings. The van der Waals surface area contributed by atoms with E-state index in [2.05, 4.69) is 0 Å². The van der Waals surface area contributed by atoms with Gasteiger partial charge < -0.3 is 10.6 Å². The van der Waals surface area contributed by atoms with Gasteiger partial charge in [0.1, 0.15) is 0 Å². The SMILES string of the molecule is CC[C@H](N)c1ccccc1N1CC=C(C(F)(F)F)CC1. The van der Waals surface area contributed by atoms with E-state index in [1.807, 2.05) is 36.1 Å². The molecular formula is C15H19F3N2. The average molecular weight is 284 g/mol. The van der Waals surface area contributed by atoms with Crippen LogP contribution in [-0.2, 0) is 0 Å². The number of anilines is 1. The minimum absolute atomic E-state index is 0.0270. The maximum atomic E-state index is 12.6. The van der Waals surface area contributed by atoms with E-state index >= 15 is 0 Å². The van der Waals surface area contributed by atoms with Crippen LogP contribution in [0.5, 0.6) is 0 Å². The Morgan fingerprint density at radius 2 is 2.00 bits per heavy atom. The quantitative estimate of drug-likeness (QED) is 0.856. The van der Waals surface area contributed by atoms with Gasteiger partial charge >= 0.3 is 6.18 Å². The van der Waals surface area contributed by atoms with Crippen LogP contribution < -0.4 is 10.6 Å². The molecule has 1 aromatic carbocycles. The first-order valence-electron chi connectivity index (χ1n) is 6.79. The number of hydrogen-bond donors (Lipinski definition) is 1. The van der Waals surface area contributed by atoms with Crippen LogP contribution in [-0.4, -0.2) is 19.3 Å². The first-order valence-corrected chi connectivity index (χ1v) is 6.79. The number of rotatable bonds is 3. The molecule has 2 nitrogen and oxygen atoms in total. The van der Waals surface area contributed by atoms with E-state index in [-0.39, 0.29) is 19.0 Å². The Morgan fingerprint density at radius 3 is 2.55 bits per heavy atom. The van der Waals surface area contributed by atoms with E-state index < -0.39 is 11.7 Å². The molecule has 110 valence electrons. The number of hydrogen-bond acceptors (Lipinski definition) is 2. The Balaban J connectivity index is 2.21. The van der Waals surface area contributed by atoms with Crippen molar-refractivity contribution in [3.05, 3.63) is 41.5 Å². The lowest BCUT2D eigenvalue weighted by Gasteiger charge is -2.31. The molecule has 0 aliphatic carbocycles. The van der Waals surface area contributed by atoms with Gasteiger partial charge in [0.05, 0.1) is 0 Å². The molecule has 2 N–H and O–H groups in total. The van der Waals surface area contributed by atoms with Gasteiger partial charge in [0.25, 0.3) is 0 Å². The van der Waals surface area contributed by atoms with Gasteiger partial charge in [0.2, 0.25) is 0 Å². The summed E-state index contributed by atoms with van der Waals surface area (Å²) in [6.07, 6.45) is -2.10. The summed E-state index contributed by atoms with van der Waals surface area (Å²) in [6, 6.07) is 7.60. The molecule has 0 aromatic heterocycles. The van der Waals surface area contributed by atoms with Crippen molar-refractivity contribution in [1.82, 2.24) is 0 Å². The molecule has 1 aliphatic heterocycles. The maximum Gasteiger partial charge on any atom is 0.412 e. The third-order valence-corrected chi connectivity index (χ3v) is 3.69. The number of nitrogens with two attached hydrogens (primary N) is 1. The average Bonchev–Trinajstić information content (AvgIpc) is 2.45. The summed E-state index contributed by atoms with van der Waals surface area (Å²) in [7, 11) is 0. The van der Waals surface area contributed by atoms with E-state index in [0.717, 1.165) is 17.7 Å². The molecule has 0 fully saturated rings. The molecule has 0 amide bonds. The summed E-state index contributed by atoms with van der Waals surface area (Å²) < 4.78 is 37.9. The van der Waals surface area contributed by atoms with Crippen LogP contribution in [0.25, 0.3) is 0 Å². The van der Waals surface area contributed by atoms with Crippen LogP contribution in [0.1, 0.15) is 31.4 Å². The Labute approximate surface area is 117 Å². The zero-order valence-electron chi connectivity index (χ0n) is 11.5. The van der Waals surface area contributed by atoms with Crippen LogP contribution in [0, 0.1) is 0 Å². The second-order valence-electron chi connectivity index (χ2n) is 5.00. The third-order valence-electron chi connectivity index (χ3n) is 3.69. The normalized spacial score (nSPS) is 17.9. The number of halogens is 3. The predicted molar refractivity (Wildman–Crippen MR) is 74.6 cm³/mol. The Morgan fingerprint density at radius 1 is 1.30 bits per heavy atom. The van der Waals surface area contributed by atoms with Gasteiger partial charge in [-0.25, -0.2) is 0 Å². The summed E-state index contributed by atoms with van der Waals surface area (Å²) in [5.74, 6) is 0. The van der Waals surface area contributed by atoms with E-state index in [9.17, 15) is 13.2 Å². The molecule has 1 heterocycles. The smallest absolute Gasteiger partial charge is 0.367 e. The molecular weight excluding hydrogens is 265 g/mol. The lowest BCUT2D eigenvalue weighted by Crippen LogP contribution is -2.33. The molecule has 0 unspecified atom stereocenters. The van der Waals surface area contributed by atoms with Gasteiger partial charge in [-0.05, 0) is 24.5 Å². The molecule has 5 heteroatoms. The van der Waals surface area contributed by atoms with E-state index in [1.54, 1.807) is 0 Å². The largest absolute Gasteiger partial charge is 0.412 e. The second-order valence-corrected chi connectivity index (χ2v) is 5.00. The molecule has 20 heavy (non-hydrogen) atoms. The number of para-hydroxylation sites is 1. The highest BCUT2D eigenvalue weighted by molar-refractivity contribution is 5.56. The zero-order valence-corrected chi connectivity index (χ0v) is 11.5. The van der Waals surface area contributed by atoms with E-state index in [4.69, 9.17) is 5.73 Å². The van der Waals surface area contributed by atoms with Crippen LogP contribution in [0.15, 0.2) is 35.9 Å². The molecule has 0 saturated carbocycles. The second kappa shape index (κ2) is 5.87. The van der Waals surface area contributed by atoms with Crippen molar-refractivity contribution in [2.24, 2.45) is 5.73 Å². The van der Waals surface area contributed by atoms with Crippen molar-refractivity contribution < 1.29 is 13.2 Å². The van der Waals surface area contributed by atoms with Crippen molar-refractivity contribution in [1.29, 1.82) is 0 Å². The van der Waals surface area contributed by atoms with E-state index in [0.29, 0.717) is 6.54 Å². The molecule has 2 rings (SSSR count). The van der Waals surface area contributed by atoms with Crippen molar-refractivity contribution >= 4 is 5.69 Å². The summed E-state index contributed by atoms with van der Waals surface area (Å²) in [5.41, 5.74) is 7.59. The van der Waals surface area contributed by atoms with Gasteiger partial charge in [-0.15, -0.1) is 0 Å². The predicted octanol–water partition coefficient (Wildman–Crippen LogP) is 3.80. The zero-order chi connectivity index (χ0) is 14.8. The van der Waals surface area contributed by atoms with Gasteiger partial charge in [0.15, 0.2) is 0 Å². The molecule has 1 aliphatic rings. The van der Waals surface area contributed by atoms with Crippen molar-refractivity contribution in [2.75, 3.05) is 18.0 Å². The van der Waals surface area contributed by atoms with Crippen molar-refractivity contribution in [2.45, 2.75) is 32.0 Å². The van der Waals surface area contributed by atoms with Crippen LogP contribution in [0.3, 0.4) is 0 Å². The van der Waals surface area contributed by atoms with Gasteiger partial charge in [-0.1, -0.05) is 31.2 Å². The minimum Gasteiger partial charge on any atom is -0.367 e. The Hall–Kier alpha value is -1.49. The highest BCUT2D eigenvalue weighted by Crippen LogP contribution is 2.33. The first-order chi connectivity index (χ1) is 9.43. The standard InChI is InChI=1S/C15H19F3N2/c1-2-13(19)12-5-3-4-6-14(12)20-9-7-11(8-10-20)15(16,17)18/h3-7,13H,2,8-10,19H2,1H3/t13-/m0/s1. The molecule has 0 saturated heterocycles. The topological polar surface area (TPSA) is 29.3 Å². The lowest BCUT2D eigenvalue weighted by molar-refractivity contribution is -0.0943. The van der Waals surface area contributed by atoms with Crippen molar-refractivity contribution in [3.8, 4) is 0 Å². The van der Waals surface area contributed by atoms with Crippen LogP contribution >= 0.6 is 0 Å². The number of alkyl halides is 3. The monoisotopic (exact) mass is 284 g/mol.